The molecule has 1 aromatic heterocycles. The average Bonchev–Trinajstić information content (AvgIpc) is 3.07. The summed E-state index contributed by atoms with van der Waals surface area (Å²) in [4.78, 5) is 15.3. The van der Waals surface area contributed by atoms with Crippen LogP contribution >= 0.6 is 0 Å². The third kappa shape index (κ3) is 5.56. The number of benzene rings is 1. The van der Waals surface area contributed by atoms with Crippen LogP contribution in [0.3, 0.4) is 0 Å². The van der Waals surface area contributed by atoms with E-state index in [9.17, 15) is 13.3 Å². The molecule has 0 radical (unpaired) electrons. The van der Waals surface area contributed by atoms with E-state index in [2.05, 4.69) is 14.7 Å². The lowest BCUT2D eigenvalue weighted by Crippen LogP contribution is -1.99. The number of imidazole rings is 1. The second-order valence-corrected chi connectivity index (χ2v) is 7.98. The van der Waals surface area contributed by atoms with E-state index in [-0.39, 0.29) is 4.90 Å². The summed E-state index contributed by atoms with van der Waals surface area (Å²) >= 11 is 0. The van der Waals surface area contributed by atoms with Crippen LogP contribution in [0.25, 0.3) is 0 Å². The Balaban J connectivity index is 1.74. The molecule has 6 nitrogen and oxygen atoms in total. The van der Waals surface area contributed by atoms with Crippen LogP contribution in [0.1, 0.15) is 43.7 Å². The van der Waals surface area contributed by atoms with E-state index in [1.54, 1.807) is 18.3 Å². The number of nitroso groups, excluding NO2 is 1. The molecule has 24 heavy (non-hydrogen) atoms. The van der Waals surface area contributed by atoms with Crippen LogP contribution in [0, 0.1) is 4.91 Å². The molecule has 0 amide bonds. The number of aryl methyl sites for hydroxylation is 1. The SMILES string of the molecule is CS(=O)(=O)c1ccc(C(CCCCCCn2ccnc2)N=O)cc1. The molecule has 1 heterocycles. The number of nitrogens with zero attached hydrogens (tertiary/aromatic N) is 3. The first kappa shape index (κ1) is 18.3. The highest BCUT2D eigenvalue weighted by Gasteiger charge is 2.13. The highest BCUT2D eigenvalue weighted by Crippen LogP contribution is 2.25. The third-order valence-corrected chi connectivity index (χ3v) is 5.15. The topological polar surface area (TPSA) is 81.4 Å². The molecule has 0 saturated heterocycles. The molecule has 0 spiro atoms. The van der Waals surface area contributed by atoms with E-state index in [1.165, 1.54) is 18.4 Å². The molecule has 0 bridgehead atoms. The Morgan fingerprint density at radius 3 is 2.42 bits per heavy atom. The van der Waals surface area contributed by atoms with Gasteiger partial charge in [-0.25, -0.2) is 13.4 Å². The Labute approximate surface area is 142 Å². The number of rotatable bonds is 10. The molecule has 0 aliphatic carbocycles. The zero-order chi connectivity index (χ0) is 17.4. The summed E-state index contributed by atoms with van der Waals surface area (Å²) in [6, 6.07) is 6.03. The van der Waals surface area contributed by atoms with Crippen molar-refractivity contribution in [3.05, 3.63) is 53.5 Å². The summed E-state index contributed by atoms with van der Waals surface area (Å²) < 4.78 is 25.0. The fourth-order valence-corrected chi connectivity index (χ4v) is 3.25. The van der Waals surface area contributed by atoms with E-state index in [0.717, 1.165) is 37.8 Å². The van der Waals surface area contributed by atoms with Gasteiger partial charge in [0.1, 0.15) is 6.04 Å². The van der Waals surface area contributed by atoms with Gasteiger partial charge in [0.25, 0.3) is 0 Å². The zero-order valence-electron chi connectivity index (χ0n) is 13.8. The van der Waals surface area contributed by atoms with Crippen molar-refractivity contribution in [1.29, 1.82) is 0 Å². The van der Waals surface area contributed by atoms with Crippen molar-refractivity contribution < 1.29 is 8.42 Å². The molecule has 0 saturated carbocycles. The Bertz CT molecular complexity index is 725. The number of aromatic nitrogens is 2. The van der Waals surface area contributed by atoms with Gasteiger partial charge in [0.15, 0.2) is 9.84 Å². The predicted octanol–water partition coefficient (Wildman–Crippen LogP) is 3.74. The molecule has 2 aromatic rings. The average molecular weight is 349 g/mol. The van der Waals surface area contributed by atoms with Crippen LogP contribution in [0.2, 0.25) is 0 Å². The van der Waals surface area contributed by atoms with Gasteiger partial charge in [0, 0.05) is 25.2 Å². The quantitative estimate of drug-likeness (QED) is 0.483. The van der Waals surface area contributed by atoms with Gasteiger partial charge in [-0.1, -0.05) is 36.6 Å². The zero-order valence-corrected chi connectivity index (χ0v) is 14.7. The van der Waals surface area contributed by atoms with E-state index >= 15 is 0 Å². The maximum atomic E-state index is 11.5. The first-order valence-corrected chi connectivity index (χ1v) is 9.98. The smallest absolute Gasteiger partial charge is 0.175 e. The summed E-state index contributed by atoms with van der Waals surface area (Å²) in [5.41, 5.74) is 0.774. The lowest BCUT2D eigenvalue weighted by Gasteiger charge is -2.10. The van der Waals surface area contributed by atoms with Gasteiger partial charge in [-0.3, -0.25) is 0 Å². The number of unbranched alkanes of at least 4 members (excludes halogenated alkanes) is 3. The summed E-state index contributed by atoms with van der Waals surface area (Å²) in [5.74, 6) is 0. The normalized spacial score (nSPS) is 12.9. The van der Waals surface area contributed by atoms with Crippen LogP contribution < -0.4 is 0 Å². The summed E-state index contributed by atoms with van der Waals surface area (Å²) in [6.07, 6.45) is 11.5. The minimum absolute atomic E-state index is 0.260. The molecule has 0 fully saturated rings. The molecular weight excluding hydrogens is 326 g/mol. The van der Waals surface area contributed by atoms with E-state index in [1.807, 2.05) is 12.5 Å². The van der Waals surface area contributed by atoms with Crippen LogP contribution in [0.15, 0.2) is 53.1 Å². The monoisotopic (exact) mass is 349 g/mol. The van der Waals surface area contributed by atoms with Gasteiger partial charge >= 0.3 is 0 Å². The van der Waals surface area contributed by atoms with Gasteiger partial charge in [-0.15, -0.1) is 0 Å². The Kier molecular flexibility index (Phi) is 6.66. The standard InChI is InChI=1S/C17H23N3O3S/c1-24(22,23)16-9-7-15(8-10-16)17(19-21)6-4-2-3-5-12-20-13-11-18-14-20/h7-11,13-14,17H,2-6,12H2,1H3. The van der Waals surface area contributed by atoms with Crippen molar-refractivity contribution in [3.63, 3.8) is 0 Å². The first-order chi connectivity index (χ1) is 11.5. The van der Waals surface area contributed by atoms with Gasteiger partial charge in [0.2, 0.25) is 0 Å². The van der Waals surface area contributed by atoms with Crippen LogP contribution in [0.5, 0.6) is 0 Å². The summed E-state index contributed by atoms with van der Waals surface area (Å²) in [6.45, 7) is 0.961. The lowest BCUT2D eigenvalue weighted by atomic mass is 10.0. The molecule has 1 unspecified atom stereocenters. The highest BCUT2D eigenvalue weighted by atomic mass is 32.2. The van der Waals surface area contributed by atoms with Gasteiger partial charge in [0.05, 0.1) is 11.2 Å². The van der Waals surface area contributed by atoms with Gasteiger partial charge in [-0.2, -0.15) is 4.91 Å². The molecular formula is C17H23N3O3S. The summed E-state index contributed by atoms with van der Waals surface area (Å²) in [5, 5.41) is 3.20. The number of hydrogen-bond donors (Lipinski definition) is 0. The second kappa shape index (κ2) is 8.73. The molecule has 1 aromatic carbocycles. The van der Waals surface area contributed by atoms with E-state index < -0.39 is 15.9 Å². The van der Waals surface area contributed by atoms with Crippen molar-refractivity contribution in [1.82, 2.24) is 9.55 Å². The van der Waals surface area contributed by atoms with Crippen molar-refractivity contribution in [3.8, 4) is 0 Å². The van der Waals surface area contributed by atoms with Crippen molar-refractivity contribution in [2.24, 2.45) is 5.18 Å². The molecule has 130 valence electrons. The van der Waals surface area contributed by atoms with Crippen LogP contribution in [0.4, 0.5) is 0 Å². The fourth-order valence-electron chi connectivity index (χ4n) is 2.62. The maximum Gasteiger partial charge on any atom is 0.175 e. The van der Waals surface area contributed by atoms with Gasteiger partial charge in [-0.05, 0) is 30.5 Å². The lowest BCUT2D eigenvalue weighted by molar-refractivity contribution is 0.531. The summed E-state index contributed by atoms with van der Waals surface area (Å²) in [7, 11) is -3.21. The van der Waals surface area contributed by atoms with Gasteiger partial charge < -0.3 is 4.57 Å². The minimum Gasteiger partial charge on any atom is -0.337 e. The van der Waals surface area contributed by atoms with E-state index in [4.69, 9.17) is 0 Å². The Hall–Kier alpha value is -2.02. The minimum atomic E-state index is -3.21. The molecule has 0 aliphatic heterocycles. The van der Waals surface area contributed by atoms with E-state index in [0.29, 0.717) is 6.42 Å². The second-order valence-electron chi connectivity index (χ2n) is 5.97. The van der Waals surface area contributed by atoms with Crippen molar-refractivity contribution in [2.75, 3.05) is 6.26 Å². The number of sulfone groups is 1. The molecule has 0 aliphatic rings. The van der Waals surface area contributed by atoms with Crippen molar-refractivity contribution >= 4 is 9.84 Å². The Morgan fingerprint density at radius 1 is 1.12 bits per heavy atom. The Morgan fingerprint density at radius 2 is 1.83 bits per heavy atom. The van der Waals surface area contributed by atoms with Crippen LogP contribution in [-0.4, -0.2) is 24.2 Å². The third-order valence-electron chi connectivity index (χ3n) is 4.02. The molecule has 2 rings (SSSR count). The first-order valence-electron chi connectivity index (χ1n) is 8.09. The molecule has 0 N–H and O–H groups in total. The van der Waals surface area contributed by atoms with Crippen molar-refractivity contribution in [2.45, 2.75) is 49.6 Å². The number of hydrogen-bond acceptors (Lipinski definition) is 5. The molecule has 1 atom stereocenters. The van der Waals surface area contributed by atoms with Crippen LogP contribution in [-0.2, 0) is 16.4 Å². The maximum absolute atomic E-state index is 11.5. The largest absolute Gasteiger partial charge is 0.337 e. The molecule has 7 heteroatoms. The highest BCUT2D eigenvalue weighted by molar-refractivity contribution is 7.90. The fraction of sp³-hybridized carbons (Fsp3) is 0.471. The predicted molar refractivity (Wildman–Crippen MR) is 93.4 cm³/mol.